The van der Waals surface area contributed by atoms with Gasteiger partial charge in [0.2, 0.25) is 0 Å². The van der Waals surface area contributed by atoms with Crippen LogP contribution in [0.1, 0.15) is 48.8 Å². The van der Waals surface area contributed by atoms with Gasteiger partial charge in [0.15, 0.2) is 0 Å². The highest BCUT2D eigenvalue weighted by Gasteiger charge is 2.25. The smallest absolute Gasteiger partial charge is 0.0917 e. The molecule has 0 bridgehead atoms. The summed E-state index contributed by atoms with van der Waals surface area (Å²) in [5.41, 5.74) is 4.84. The zero-order valence-corrected chi connectivity index (χ0v) is 24.1. The zero-order valence-electron chi connectivity index (χ0n) is 23.3. The lowest BCUT2D eigenvalue weighted by atomic mass is 9.95. The summed E-state index contributed by atoms with van der Waals surface area (Å²) in [5.74, 6) is 0. The average Bonchev–Trinajstić information content (AvgIpc) is 3.37. The van der Waals surface area contributed by atoms with Crippen LogP contribution in [0.4, 0.5) is 0 Å². The minimum Gasteiger partial charge on any atom is -0.330 e. The van der Waals surface area contributed by atoms with Gasteiger partial charge in [0, 0.05) is 36.2 Å². The van der Waals surface area contributed by atoms with Gasteiger partial charge in [-0.3, -0.25) is 0 Å². The second-order valence-corrected chi connectivity index (χ2v) is 12.3. The normalized spacial score (nSPS) is 14.4. The van der Waals surface area contributed by atoms with Crippen molar-refractivity contribution >= 4 is 50.6 Å². The molecular formula is C37H35N3S. The quantitative estimate of drug-likeness (QED) is 0.150. The van der Waals surface area contributed by atoms with Gasteiger partial charge in [-0.1, -0.05) is 116 Å². The Balaban J connectivity index is 1.32. The highest BCUT2D eigenvalue weighted by atomic mass is 32.2. The zero-order chi connectivity index (χ0) is 27.6. The Morgan fingerprint density at radius 2 is 1.37 bits per heavy atom. The highest BCUT2D eigenvalue weighted by molar-refractivity contribution is 7.97. The number of fused-ring (bicyclic) bond motifs is 3. The van der Waals surface area contributed by atoms with E-state index in [-0.39, 0.29) is 0 Å². The lowest BCUT2D eigenvalue weighted by Crippen LogP contribution is -2.31. The summed E-state index contributed by atoms with van der Waals surface area (Å²) < 4.78 is 5.15. The van der Waals surface area contributed by atoms with Crippen molar-refractivity contribution in [1.29, 1.82) is 5.41 Å². The summed E-state index contributed by atoms with van der Waals surface area (Å²) in [7, 11) is 0. The van der Waals surface area contributed by atoms with Crippen LogP contribution >= 0.6 is 11.9 Å². The van der Waals surface area contributed by atoms with Gasteiger partial charge >= 0.3 is 0 Å². The molecule has 41 heavy (non-hydrogen) atoms. The summed E-state index contributed by atoms with van der Waals surface area (Å²) >= 11 is 1.93. The van der Waals surface area contributed by atoms with Crippen LogP contribution in [-0.2, 0) is 13.1 Å². The number of benzene rings is 5. The molecule has 0 spiro atoms. The Kier molecular flexibility index (Phi) is 7.35. The van der Waals surface area contributed by atoms with Crippen LogP contribution in [0.5, 0.6) is 0 Å². The van der Waals surface area contributed by atoms with Crippen molar-refractivity contribution in [1.82, 2.24) is 8.87 Å². The Bertz CT molecular complexity index is 1840. The van der Waals surface area contributed by atoms with Crippen LogP contribution in [0.15, 0.2) is 114 Å². The van der Waals surface area contributed by atoms with Gasteiger partial charge in [-0.15, -0.1) is 0 Å². The molecule has 1 aliphatic carbocycles. The third-order valence-electron chi connectivity index (χ3n) is 8.66. The van der Waals surface area contributed by atoms with E-state index in [2.05, 4.69) is 118 Å². The Morgan fingerprint density at radius 3 is 2.10 bits per heavy atom. The third-order valence-corrected chi connectivity index (χ3v) is 9.85. The number of rotatable bonds is 8. The van der Waals surface area contributed by atoms with Gasteiger partial charge in [0.25, 0.3) is 0 Å². The predicted molar refractivity (Wildman–Crippen MR) is 175 cm³/mol. The summed E-state index contributed by atoms with van der Waals surface area (Å²) in [4.78, 5) is 0. The molecule has 1 saturated carbocycles. The molecule has 1 N–H and O–H groups in total. The first-order chi connectivity index (χ1) is 20.3. The molecule has 7 rings (SSSR count). The largest absolute Gasteiger partial charge is 0.330 e. The maximum absolute atomic E-state index is 7.92. The van der Waals surface area contributed by atoms with Gasteiger partial charge < -0.3 is 9.98 Å². The van der Waals surface area contributed by atoms with Crippen molar-refractivity contribution in [2.75, 3.05) is 0 Å². The molecule has 0 atom stereocenters. The van der Waals surface area contributed by atoms with Gasteiger partial charge in [-0.05, 0) is 75.2 Å². The second-order valence-electron chi connectivity index (χ2n) is 11.3. The molecule has 1 aliphatic rings. The molecule has 1 aromatic heterocycles. The highest BCUT2D eigenvalue weighted by Crippen LogP contribution is 2.38. The van der Waals surface area contributed by atoms with E-state index in [4.69, 9.17) is 5.41 Å². The molecule has 4 heteroatoms. The van der Waals surface area contributed by atoms with Crippen molar-refractivity contribution < 1.29 is 0 Å². The van der Waals surface area contributed by atoms with Gasteiger partial charge in [-0.2, -0.15) is 0 Å². The minimum absolute atomic E-state index is 0.550. The number of nitrogens with zero attached hydrogens (tertiary/aromatic N) is 2. The Hall–Kier alpha value is -3.86. The molecule has 0 amide bonds. The van der Waals surface area contributed by atoms with E-state index in [9.17, 15) is 0 Å². The first-order valence-corrected chi connectivity index (χ1v) is 15.6. The van der Waals surface area contributed by atoms with Crippen molar-refractivity contribution in [2.24, 2.45) is 0 Å². The van der Waals surface area contributed by atoms with E-state index in [0.717, 1.165) is 18.7 Å². The van der Waals surface area contributed by atoms with Gasteiger partial charge in [0.05, 0.1) is 5.03 Å². The first kappa shape index (κ1) is 26.1. The molecule has 204 valence electrons. The van der Waals surface area contributed by atoms with Crippen LogP contribution in [0, 0.1) is 5.41 Å². The van der Waals surface area contributed by atoms with Crippen LogP contribution < -0.4 is 0 Å². The topological polar surface area (TPSA) is 32.0 Å². The number of nitrogens with one attached hydrogen (secondary N) is 1. The van der Waals surface area contributed by atoms with E-state index < -0.39 is 0 Å². The van der Waals surface area contributed by atoms with Crippen LogP contribution in [0.2, 0.25) is 0 Å². The monoisotopic (exact) mass is 553 g/mol. The standard InChI is InChI=1S/C37H35N3S/c38-24-27-20-21-30-23-37(39(36(30)22-27)25-31-14-8-12-28-10-4-6-18-34(28)31)41-40(33-16-2-1-3-17-33)26-32-15-9-13-29-11-5-7-19-35(29)32/h4-15,18-24,33,38H,1-3,16-17,25-26H2. The molecule has 3 nitrogen and oxygen atoms in total. The maximum Gasteiger partial charge on any atom is 0.0917 e. The fourth-order valence-corrected chi connectivity index (χ4v) is 7.74. The first-order valence-electron chi connectivity index (χ1n) is 14.8. The molecule has 5 aromatic carbocycles. The minimum atomic E-state index is 0.550. The van der Waals surface area contributed by atoms with E-state index in [1.165, 1.54) is 86.9 Å². The van der Waals surface area contributed by atoms with Gasteiger partial charge in [0.1, 0.15) is 0 Å². The fourth-order valence-electron chi connectivity index (χ4n) is 6.50. The summed E-state index contributed by atoms with van der Waals surface area (Å²) in [5, 5.41) is 15.6. The van der Waals surface area contributed by atoms with E-state index in [1.807, 2.05) is 11.9 Å². The SMILES string of the molecule is N=Cc1ccc2cc(SN(Cc3cccc4ccccc34)C3CCCCC3)n(Cc3cccc4ccccc34)c2c1. The van der Waals surface area contributed by atoms with E-state index in [1.54, 1.807) is 0 Å². The average molecular weight is 554 g/mol. The molecule has 0 unspecified atom stereocenters. The molecular weight excluding hydrogens is 518 g/mol. The van der Waals surface area contributed by atoms with E-state index in [0.29, 0.717) is 6.04 Å². The van der Waals surface area contributed by atoms with Crippen LogP contribution in [-0.4, -0.2) is 21.1 Å². The molecule has 6 aromatic rings. The number of hydrogen-bond donors (Lipinski definition) is 1. The fraction of sp³-hybridized carbons (Fsp3) is 0.216. The van der Waals surface area contributed by atoms with Crippen molar-refractivity contribution in [3.8, 4) is 0 Å². The lowest BCUT2D eigenvalue weighted by Gasteiger charge is -2.33. The summed E-state index contributed by atoms with van der Waals surface area (Å²) in [6.45, 7) is 1.71. The second kappa shape index (κ2) is 11.6. The maximum atomic E-state index is 7.92. The molecule has 0 aliphatic heterocycles. The van der Waals surface area contributed by atoms with Crippen molar-refractivity contribution in [2.45, 2.75) is 56.3 Å². The molecule has 0 saturated heterocycles. The van der Waals surface area contributed by atoms with Crippen LogP contribution in [0.25, 0.3) is 32.4 Å². The Morgan fingerprint density at radius 1 is 0.707 bits per heavy atom. The lowest BCUT2D eigenvalue weighted by molar-refractivity contribution is 0.267. The Labute approximate surface area is 246 Å². The van der Waals surface area contributed by atoms with Gasteiger partial charge in [-0.25, -0.2) is 4.31 Å². The molecule has 0 radical (unpaired) electrons. The number of hydrogen-bond acceptors (Lipinski definition) is 3. The third kappa shape index (κ3) is 5.30. The van der Waals surface area contributed by atoms with Crippen molar-refractivity contribution in [3.05, 3.63) is 126 Å². The predicted octanol–water partition coefficient (Wildman–Crippen LogP) is 9.84. The molecule has 1 heterocycles. The summed E-state index contributed by atoms with van der Waals surface area (Å²) in [6, 6.07) is 40.2. The van der Waals surface area contributed by atoms with Crippen molar-refractivity contribution in [3.63, 3.8) is 0 Å². The van der Waals surface area contributed by atoms with E-state index >= 15 is 0 Å². The number of aromatic nitrogens is 1. The summed E-state index contributed by atoms with van der Waals surface area (Å²) in [6.07, 6.45) is 7.91. The molecule has 1 fully saturated rings. The van der Waals surface area contributed by atoms with Crippen LogP contribution in [0.3, 0.4) is 0 Å².